The lowest BCUT2D eigenvalue weighted by Gasteiger charge is -2.19. The average Bonchev–Trinajstić information content (AvgIpc) is 3.23. The zero-order chi connectivity index (χ0) is 45.6. The minimum atomic E-state index is -0.983. The quantitative estimate of drug-likeness (QED) is 0.0289. The zero-order valence-corrected chi connectivity index (χ0v) is 36.7. The molecule has 0 aromatic heterocycles. The molecule has 1 atom stereocenters. The molecule has 0 saturated carbocycles. The van der Waals surface area contributed by atoms with E-state index in [0.717, 1.165) is 0 Å². The van der Waals surface area contributed by atoms with E-state index < -0.39 is 29.6 Å². The van der Waals surface area contributed by atoms with Crippen LogP contribution in [0.3, 0.4) is 0 Å². The van der Waals surface area contributed by atoms with Crippen molar-refractivity contribution in [2.45, 2.75) is 51.7 Å². The molecule has 0 aromatic rings. The Morgan fingerprint density at radius 2 is 0.855 bits per heavy atom. The number of nitrogens with one attached hydrogen (secondary N) is 4. The molecule has 0 fully saturated rings. The highest BCUT2D eigenvalue weighted by atomic mass is 16.6. The lowest BCUT2D eigenvalue weighted by Crippen LogP contribution is -2.48. The molecule has 358 valence electrons. The van der Waals surface area contributed by atoms with Crippen LogP contribution in [0.1, 0.15) is 40.0 Å². The molecule has 62 heavy (non-hydrogen) atoms. The van der Waals surface area contributed by atoms with Gasteiger partial charge >= 0.3 is 6.09 Å². The van der Waals surface area contributed by atoms with E-state index in [1.807, 2.05) is 0 Å². The average molecular weight is 895 g/mol. The van der Waals surface area contributed by atoms with Gasteiger partial charge < -0.3 is 73.4 Å². The number of ether oxygens (including phenoxy) is 11. The van der Waals surface area contributed by atoms with Crippen LogP contribution in [0, 0.1) is 0 Å². The van der Waals surface area contributed by atoms with Crippen LogP contribution >= 0.6 is 0 Å². The van der Waals surface area contributed by atoms with Crippen LogP contribution in [0.5, 0.6) is 0 Å². The van der Waals surface area contributed by atoms with Crippen molar-refractivity contribution >= 4 is 23.8 Å². The second-order valence-corrected chi connectivity index (χ2v) is 13.5. The van der Waals surface area contributed by atoms with E-state index in [1.165, 1.54) is 0 Å². The van der Waals surface area contributed by atoms with E-state index in [9.17, 15) is 19.2 Å². The Labute approximate surface area is 363 Å². The minimum absolute atomic E-state index is 0.0265. The third-order valence-corrected chi connectivity index (χ3v) is 7.22. The van der Waals surface area contributed by atoms with Gasteiger partial charge in [0, 0.05) is 55.4 Å². The fraction of sp³-hybridized carbons (Fsp3) is 0.892. The Morgan fingerprint density at radius 1 is 0.484 bits per heavy atom. The smallest absolute Gasteiger partial charge is 0.407 e. The molecule has 0 aliphatic heterocycles. The van der Waals surface area contributed by atoms with Crippen molar-refractivity contribution in [1.82, 2.24) is 21.3 Å². The summed E-state index contributed by atoms with van der Waals surface area (Å²) >= 11 is 0. The van der Waals surface area contributed by atoms with Crippen LogP contribution in [0.4, 0.5) is 4.79 Å². The molecule has 0 aliphatic carbocycles. The highest BCUT2D eigenvalue weighted by Gasteiger charge is 2.22. The van der Waals surface area contributed by atoms with Gasteiger partial charge in [-0.25, -0.2) is 4.79 Å². The Hall–Kier alpha value is -4.10. The number of azide groups is 2. The summed E-state index contributed by atoms with van der Waals surface area (Å²) in [5.74, 6) is -1.22. The Bertz CT molecular complexity index is 1240. The Kier molecular flexibility index (Phi) is 40.7. The summed E-state index contributed by atoms with van der Waals surface area (Å²) in [5, 5.41) is 17.5. The number of amides is 4. The molecule has 0 aliphatic rings. The van der Waals surface area contributed by atoms with Gasteiger partial charge in [0.2, 0.25) is 17.7 Å². The molecule has 0 rings (SSSR count). The van der Waals surface area contributed by atoms with Crippen LogP contribution < -0.4 is 21.3 Å². The zero-order valence-electron chi connectivity index (χ0n) is 36.7. The molecular formula is C37H70N10O15. The lowest BCUT2D eigenvalue weighted by molar-refractivity contribution is -0.130. The Morgan fingerprint density at radius 3 is 1.27 bits per heavy atom. The number of nitrogens with zero attached hydrogens (tertiary/aromatic N) is 6. The number of carbonyl (C=O) groups is 4. The maximum atomic E-state index is 13.0. The first-order valence-electron chi connectivity index (χ1n) is 20.7. The van der Waals surface area contributed by atoms with Crippen LogP contribution in [0.25, 0.3) is 20.9 Å². The highest BCUT2D eigenvalue weighted by molar-refractivity contribution is 5.88. The second-order valence-electron chi connectivity index (χ2n) is 13.5. The molecule has 0 radical (unpaired) electrons. The fourth-order valence-electron chi connectivity index (χ4n) is 4.38. The number of carbonyl (C=O) groups excluding carboxylic acids is 4. The molecule has 25 heteroatoms. The van der Waals surface area contributed by atoms with Gasteiger partial charge in [-0.2, -0.15) is 0 Å². The number of rotatable bonds is 44. The first-order valence-corrected chi connectivity index (χ1v) is 20.7. The highest BCUT2D eigenvalue weighted by Crippen LogP contribution is 2.06. The van der Waals surface area contributed by atoms with Gasteiger partial charge in [0.1, 0.15) is 11.6 Å². The van der Waals surface area contributed by atoms with E-state index in [1.54, 1.807) is 20.8 Å². The van der Waals surface area contributed by atoms with Crippen LogP contribution in [0.2, 0.25) is 0 Å². The number of hydrogen-bond donors (Lipinski definition) is 4. The first-order chi connectivity index (χ1) is 30.1. The van der Waals surface area contributed by atoms with Crippen LogP contribution in [0.15, 0.2) is 10.2 Å². The van der Waals surface area contributed by atoms with Crippen molar-refractivity contribution in [3.05, 3.63) is 20.9 Å². The summed E-state index contributed by atoms with van der Waals surface area (Å²) in [6.45, 7) is 12.8. The predicted octanol–water partition coefficient (Wildman–Crippen LogP) is 1.19. The lowest BCUT2D eigenvalue weighted by atomic mass is 10.1. The van der Waals surface area contributed by atoms with Gasteiger partial charge in [-0.05, 0) is 38.3 Å². The van der Waals surface area contributed by atoms with Crippen molar-refractivity contribution in [2.24, 2.45) is 10.2 Å². The second kappa shape index (κ2) is 43.5. The van der Waals surface area contributed by atoms with Crippen molar-refractivity contribution < 1.29 is 71.3 Å². The number of hydrogen-bond acceptors (Lipinski definition) is 17. The molecule has 0 heterocycles. The molecular weight excluding hydrogens is 824 g/mol. The summed E-state index contributed by atoms with van der Waals surface area (Å²) in [4.78, 5) is 55.3. The van der Waals surface area contributed by atoms with E-state index in [0.29, 0.717) is 92.5 Å². The molecule has 4 N–H and O–H groups in total. The van der Waals surface area contributed by atoms with E-state index >= 15 is 0 Å². The maximum absolute atomic E-state index is 13.0. The summed E-state index contributed by atoms with van der Waals surface area (Å²) in [5.41, 5.74) is 15.8. The van der Waals surface area contributed by atoms with Gasteiger partial charge in [-0.3, -0.25) is 14.4 Å². The summed E-state index contributed by atoms with van der Waals surface area (Å²) in [6.07, 6.45) is -0.541. The predicted molar refractivity (Wildman–Crippen MR) is 222 cm³/mol. The van der Waals surface area contributed by atoms with E-state index in [4.69, 9.17) is 63.2 Å². The monoisotopic (exact) mass is 895 g/mol. The topological polar surface area (TPSA) is 315 Å². The van der Waals surface area contributed by atoms with Gasteiger partial charge in [0.05, 0.1) is 132 Å². The molecule has 0 bridgehead atoms. The largest absolute Gasteiger partial charge is 0.444 e. The van der Waals surface area contributed by atoms with E-state index in [2.05, 4.69) is 41.3 Å². The van der Waals surface area contributed by atoms with Crippen molar-refractivity contribution in [3.8, 4) is 0 Å². The molecule has 0 spiro atoms. The normalized spacial score (nSPS) is 11.5. The molecule has 0 unspecified atom stereocenters. The number of alkyl carbamates (subject to hydrolysis) is 1. The SMILES string of the molecule is CC(C)(C)OC(=O)NCCOCCOCCC(=O)N[C@@H](CCC(=O)NCCOCCOCCOCCOCCN=[N+]=[N-])C(=O)NCCOCCOCCOCCOCCN=[N+]=[N-]. The van der Waals surface area contributed by atoms with Crippen molar-refractivity contribution in [1.29, 1.82) is 0 Å². The van der Waals surface area contributed by atoms with Crippen molar-refractivity contribution in [2.75, 3.05) is 165 Å². The van der Waals surface area contributed by atoms with Gasteiger partial charge in [-0.1, -0.05) is 10.2 Å². The molecule has 4 amide bonds. The van der Waals surface area contributed by atoms with Gasteiger partial charge in [0.25, 0.3) is 0 Å². The van der Waals surface area contributed by atoms with Gasteiger partial charge in [0.15, 0.2) is 0 Å². The van der Waals surface area contributed by atoms with E-state index in [-0.39, 0.29) is 97.5 Å². The minimum Gasteiger partial charge on any atom is -0.444 e. The van der Waals surface area contributed by atoms with Crippen molar-refractivity contribution in [3.63, 3.8) is 0 Å². The molecule has 25 nitrogen and oxygen atoms in total. The standard InChI is InChI=1S/C37H70N10O15/c1-37(2,3)62-36(51)42-9-15-55-19-18-52-12-6-34(49)45-32(35(50)41-8-14-54-21-25-59-29-31-61-27-23-57-17-11-44-47-39)4-5-33(48)40-7-13-53-20-24-58-28-30-60-26-22-56-16-10-43-46-38/h32H,4-31H2,1-3H3,(H,40,48)(H,41,50)(H,42,51)(H,45,49)/t32-/m0/s1. The first kappa shape index (κ1) is 57.9. The molecule has 0 aromatic carbocycles. The maximum Gasteiger partial charge on any atom is 0.407 e. The summed E-state index contributed by atoms with van der Waals surface area (Å²) in [6, 6.07) is -0.983. The third kappa shape index (κ3) is 44.0. The molecule has 0 saturated heterocycles. The van der Waals surface area contributed by atoms with Crippen LogP contribution in [-0.4, -0.2) is 200 Å². The third-order valence-electron chi connectivity index (χ3n) is 7.22. The van der Waals surface area contributed by atoms with Crippen LogP contribution in [-0.2, 0) is 66.5 Å². The fourth-order valence-corrected chi connectivity index (χ4v) is 4.38. The summed E-state index contributed by atoms with van der Waals surface area (Å²) in [7, 11) is 0. The summed E-state index contributed by atoms with van der Waals surface area (Å²) < 4.78 is 59.1. The Balaban J connectivity index is 4.39. The van der Waals surface area contributed by atoms with Gasteiger partial charge in [-0.15, -0.1) is 0 Å².